The molecule has 5 N–H and O–H groups in total. The van der Waals surface area contributed by atoms with Crippen molar-refractivity contribution in [2.45, 2.75) is 37.9 Å². The Hall–Kier alpha value is -4.74. The maximum absolute atomic E-state index is 13.1. The minimum Gasteiger partial charge on any atom is -0.410 e. The van der Waals surface area contributed by atoms with Gasteiger partial charge in [-0.3, -0.25) is 14.4 Å². The number of benzene rings is 2. The molecule has 11 nitrogen and oxygen atoms in total. The van der Waals surface area contributed by atoms with E-state index in [1.807, 2.05) is 31.4 Å². The molecule has 2 aromatic heterocycles. The van der Waals surface area contributed by atoms with Crippen molar-refractivity contribution < 1.29 is 14.3 Å². The number of carbonyl (C=O) groups excluding carboxylic acids is 2. The quantitative estimate of drug-likeness (QED) is 0.294. The van der Waals surface area contributed by atoms with Crippen LogP contribution in [-0.2, 0) is 13.6 Å². The van der Waals surface area contributed by atoms with Crippen molar-refractivity contribution in [3.8, 4) is 28.0 Å². The first-order chi connectivity index (χ1) is 21.3. The summed E-state index contributed by atoms with van der Waals surface area (Å²) in [5.41, 5.74) is 17.3. The zero-order valence-corrected chi connectivity index (χ0v) is 24.9. The highest BCUT2D eigenvalue weighted by molar-refractivity contribution is 5.99. The Kier molecular flexibility index (Phi) is 8.58. The summed E-state index contributed by atoms with van der Waals surface area (Å²) in [5.74, 6) is 0.281. The highest BCUT2D eigenvalue weighted by Gasteiger charge is 2.29. The molecule has 2 aromatic carbocycles. The number of hydrogen-bond acceptors (Lipinski definition) is 8. The fourth-order valence-electron chi connectivity index (χ4n) is 5.94. The van der Waals surface area contributed by atoms with E-state index in [1.165, 1.54) is 5.56 Å². The molecule has 2 fully saturated rings. The topological polar surface area (TPSA) is 145 Å². The lowest BCUT2D eigenvalue weighted by atomic mass is 10.0. The van der Waals surface area contributed by atoms with Crippen LogP contribution in [0.5, 0.6) is 5.75 Å². The van der Waals surface area contributed by atoms with E-state index in [9.17, 15) is 9.59 Å². The molecular weight excluding hydrogens is 556 g/mol. The second kappa shape index (κ2) is 12.9. The SMILES string of the molecule is Cn1cc(-c2cnc(N)c(C(=O)N[C@@H]3CCN(C(=O)Oc4cccc(-c5cccc(CN6CCC[C@@H](N)C6)c5)c4)C3)c2)cn1. The number of nitrogens with one attached hydrogen (secondary N) is 1. The lowest BCUT2D eigenvalue weighted by molar-refractivity contribution is 0.0937. The average Bonchev–Trinajstić information content (AvgIpc) is 3.67. The van der Waals surface area contributed by atoms with Gasteiger partial charge in [-0.1, -0.05) is 30.3 Å². The number of likely N-dealkylation sites (tertiary alicyclic amines) is 2. The fourth-order valence-corrected chi connectivity index (χ4v) is 5.94. The molecule has 2 atom stereocenters. The van der Waals surface area contributed by atoms with Crippen LogP contribution >= 0.6 is 0 Å². The Morgan fingerprint density at radius 1 is 0.977 bits per heavy atom. The molecule has 11 heteroatoms. The summed E-state index contributed by atoms with van der Waals surface area (Å²) in [5, 5.41) is 7.17. The summed E-state index contributed by atoms with van der Waals surface area (Å²) in [6.45, 7) is 3.65. The highest BCUT2D eigenvalue weighted by Crippen LogP contribution is 2.27. The van der Waals surface area contributed by atoms with Crippen molar-refractivity contribution in [1.82, 2.24) is 29.9 Å². The number of aromatic nitrogens is 3. The number of nitrogens with zero attached hydrogens (tertiary/aromatic N) is 5. The number of hydrogen-bond donors (Lipinski definition) is 3. The van der Waals surface area contributed by atoms with Crippen LogP contribution < -0.4 is 21.5 Å². The van der Waals surface area contributed by atoms with Crippen LogP contribution in [0.4, 0.5) is 10.6 Å². The standard InChI is InChI=1S/C33H38N8O3/c1-39-19-26(17-37-39)25-15-30(31(35)36-16-25)32(42)38-28-10-12-41(21-28)33(43)44-29-9-3-7-24(14-29)23-6-2-5-22(13-23)18-40-11-4-8-27(34)20-40/h2-3,5-7,9,13-17,19,27-28H,4,8,10-12,18,20-21,34H2,1H3,(H2,35,36)(H,38,42)/t27-,28-/m1/s1. The maximum Gasteiger partial charge on any atom is 0.415 e. The molecule has 2 aliphatic rings. The second-order valence-electron chi connectivity index (χ2n) is 11.7. The zero-order valence-electron chi connectivity index (χ0n) is 24.9. The number of amides is 2. The van der Waals surface area contributed by atoms with Gasteiger partial charge in [0.25, 0.3) is 5.91 Å². The predicted molar refractivity (Wildman–Crippen MR) is 169 cm³/mol. The van der Waals surface area contributed by atoms with Crippen molar-refractivity contribution in [1.29, 1.82) is 0 Å². The number of piperidine rings is 1. The van der Waals surface area contributed by atoms with Gasteiger partial charge in [0, 0.05) is 68.8 Å². The van der Waals surface area contributed by atoms with Gasteiger partial charge in [0.15, 0.2) is 0 Å². The van der Waals surface area contributed by atoms with Crippen molar-refractivity contribution in [3.63, 3.8) is 0 Å². The summed E-state index contributed by atoms with van der Waals surface area (Å²) in [4.78, 5) is 34.4. The van der Waals surface area contributed by atoms with E-state index in [-0.39, 0.29) is 29.4 Å². The van der Waals surface area contributed by atoms with Gasteiger partial charge in [0.1, 0.15) is 11.6 Å². The average molecular weight is 595 g/mol. The number of pyridine rings is 1. The van der Waals surface area contributed by atoms with E-state index >= 15 is 0 Å². The molecule has 0 unspecified atom stereocenters. The van der Waals surface area contributed by atoms with Crippen molar-refractivity contribution in [3.05, 3.63) is 84.3 Å². The molecule has 0 bridgehead atoms. The molecule has 4 aromatic rings. The molecule has 6 rings (SSSR count). The number of nitrogens with two attached hydrogens (primary N) is 2. The van der Waals surface area contributed by atoms with Crippen LogP contribution in [0.25, 0.3) is 22.3 Å². The monoisotopic (exact) mass is 594 g/mol. The van der Waals surface area contributed by atoms with Gasteiger partial charge in [-0.2, -0.15) is 5.10 Å². The Morgan fingerprint density at radius 2 is 1.80 bits per heavy atom. The van der Waals surface area contributed by atoms with Gasteiger partial charge in [0.2, 0.25) is 0 Å². The molecule has 0 radical (unpaired) electrons. The van der Waals surface area contributed by atoms with Crippen LogP contribution in [0.3, 0.4) is 0 Å². The summed E-state index contributed by atoms with van der Waals surface area (Å²) in [6, 6.07) is 17.7. The highest BCUT2D eigenvalue weighted by atomic mass is 16.6. The zero-order chi connectivity index (χ0) is 30.6. The number of nitrogen functional groups attached to an aromatic ring is 1. The molecule has 0 spiro atoms. The van der Waals surface area contributed by atoms with Crippen LogP contribution in [0.1, 0.15) is 35.2 Å². The van der Waals surface area contributed by atoms with Crippen LogP contribution in [0.2, 0.25) is 0 Å². The number of rotatable bonds is 7. The lowest BCUT2D eigenvalue weighted by Crippen LogP contribution is -2.42. The van der Waals surface area contributed by atoms with Gasteiger partial charge < -0.3 is 26.4 Å². The van der Waals surface area contributed by atoms with E-state index < -0.39 is 6.09 Å². The molecular formula is C33H38N8O3. The molecule has 4 heterocycles. The van der Waals surface area contributed by atoms with Gasteiger partial charge in [0.05, 0.1) is 11.8 Å². The van der Waals surface area contributed by atoms with Crippen LogP contribution in [0, 0.1) is 0 Å². The normalized spacial score (nSPS) is 18.7. The fraction of sp³-hybridized carbons (Fsp3) is 0.333. The lowest BCUT2D eigenvalue weighted by Gasteiger charge is -2.30. The molecule has 2 aliphatic heterocycles. The molecule has 44 heavy (non-hydrogen) atoms. The van der Waals surface area contributed by atoms with Gasteiger partial charge in [-0.25, -0.2) is 9.78 Å². The summed E-state index contributed by atoms with van der Waals surface area (Å²) >= 11 is 0. The number of carbonyl (C=O) groups is 2. The molecule has 2 saturated heterocycles. The first-order valence-electron chi connectivity index (χ1n) is 15.0. The first-order valence-corrected chi connectivity index (χ1v) is 15.0. The van der Waals surface area contributed by atoms with Crippen molar-refractivity contribution >= 4 is 17.8 Å². The Bertz CT molecular complexity index is 1650. The first kappa shape index (κ1) is 29.3. The van der Waals surface area contributed by atoms with E-state index in [2.05, 4.69) is 44.6 Å². The number of ether oxygens (including phenoxy) is 1. The number of anilines is 1. The minimum absolute atomic E-state index is 0.144. The summed E-state index contributed by atoms with van der Waals surface area (Å²) < 4.78 is 7.44. The predicted octanol–water partition coefficient (Wildman–Crippen LogP) is 3.66. The number of aryl methyl sites for hydroxylation is 1. The Balaban J connectivity index is 1.05. The van der Waals surface area contributed by atoms with Crippen molar-refractivity contribution in [2.24, 2.45) is 12.8 Å². The third-order valence-corrected chi connectivity index (χ3v) is 8.23. The Labute approximate surface area is 256 Å². The van der Waals surface area contributed by atoms with Crippen LogP contribution in [-0.4, -0.2) is 74.8 Å². The summed E-state index contributed by atoms with van der Waals surface area (Å²) in [7, 11) is 1.82. The van der Waals surface area contributed by atoms with E-state index in [1.54, 1.807) is 34.1 Å². The smallest absolute Gasteiger partial charge is 0.410 e. The van der Waals surface area contributed by atoms with Crippen molar-refractivity contribution in [2.75, 3.05) is 31.9 Å². The molecule has 228 valence electrons. The molecule has 0 saturated carbocycles. The maximum atomic E-state index is 13.1. The third kappa shape index (κ3) is 6.90. The van der Waals surface area contributed by atoms with Crippen LogP contribution in [0.15, 0.2) is 73.2 Å². The van der Waals surface area contributed by atoms with E-state index in [4.69, 9.17) is 16.2 Å². The van der Waals surface area contributed by atoms with Gasteiger partial charge >= 0.3 is 6.09 Å². The van der Waals surface area contributed by atoms with Gasteiger partial charge in [-0.05, 0) is 66.8 Å². The largest absolute Gasteiger partial charge is 0.415 e. The third-order valence-electron chi connectivity index (χ3n) is 8.23. The Morgan fingerprint density at radius 3 is 2.59 bits per heavy atom. The van der Waals surface area contributed by atoms with Gasteiger partial charge in [-0.15, -0.1) is 0 Å². The molecule has 2 amide bonds. The summed E-state index contributed by atoms with van der Waals surface area (Å²) in [6.07, 6.45) is 7.53. The van der Waals surface area contributed by atoms with E-state index in [0.29, 0.717) is 25.3 Å². The second-order valence-corrected chi connectivity index (χ2v) is 11.7. The van der Waals surface area contributed by atoms with E-state index in [0.717, 1.165) is 54.7 Å². The minimum atomic E-state index is -0.450. The molecule has 0 aliphatic carbocycles.